The predicted octanol–water partition coefficient (Wildman–Crippen LogP) is 3.90. The first-order chi connectivity index (χ1) is 16.8. The van der Waals surface area contributed by atoms with E-state index in [9.17, 15) is 30.8 Å². The van der Waals surface area contributed by atoms with Crippen LogP contribution < -0.4 is 10.0 Å². The molecule has 1 aliphatic carbocycles. The minimum atomic E-state index is -4.70. The summed E-state index contributed by atoms with van der Waals surface area (Å²) in [7, 11) is -0.322. The molecule has 0 saturated heterocycles. The summed E-state index contributed by atoms with van der Waals surface area (Å²) < 4.78 is 80.2. The molecule has 2 aromatic heterocycles. The Balaban J connectivity index is 1.51. The Kier molecular flexibility index (Phi) is 6.99. The number of thiazole rings is 1. The maximum absolute atomic E-state index is 14.8. The number of hydrogen-bond acceptors (Lipinski definition) is 8. The largest absolute Gasteiger partial charge is 0.434 e. The number of halogens is 4. The number of carbonyl (C=O) groups is 1. The summed E-state index contributed by atoms with van der Waals surface area (Å²) in [4.78, 5) is 25.7. The summed E-state index contributed by atoms with van der Waals surface area (Å²) >= 11 is 1.02. The van der Waals surface area contributed by atoms with Crippen molar-refractivity contribution >= 4 is 38.1 Å². The van der Waals surface area contributed by atoms with Gasteiger partial charge >= 0.3 is 6.18 Å². The first-order valence-electron chi connectivity index (χ1n) is 10.5. The molecule has 36 heavy (non-hydrogen) atoms. The normalized spacial score (nSPS) is 15.1. The molecule has 1 amide bonds. The quantitative estimate of drug-likeness (QED) is 0.413. The summed E-state index contributed by atoms with van der Waals surface area (Å²) in [6.45, 7) is 0. The van der Waals surface area contributed by atoms with Crippen LogP contribution in [0.1, 0.15) is 30.3 Å². The number of nitrogens with zero attached hydrogens (tertiary/aromatic N) is 4. The number of likely N-dealkylation sites (N-methyl/N-ethyl adjacent to an activating group) is 1. The highest BCUT2D eigenvalue weighted by atomic mass is 32.2. The first-order valence-corrected chi connectivity index (χ1v) is 12.9. The van der Waals surface area contributed by atoms with E-state index in [1.807, 2.05) is 0 Å². The average Bonchev–Trinajstić information content (AvgIpc) is 3.57. The molecule has 9 nitrogen and oxygen atoms in total. The molecule has 1 aromatic carbocycles. The van der Waals surface area contributed by atoms with Crippen LogP contribution >= 0.6 is 11.3 Å². The van der Waals surface area contributed by atoms with Crippen molar-refractivity contribution in [1.82, 2.24) is 19.9 Å². The molecule has 4 rings (SSSR count). The van der Waals surface area contributed by atoms with Gasteiger partial charge in [-0.3, -0.25) is 19.4 Å². The number of alkyl halides is 3. The number of rotatable bonds is 8. The number of nitrogens with one attached hydrogen (secondary N) is 2. The summed E-state index contributed by atoms with van der Waals surface area (Å²) in [6, 6.07) is 2.47. The highest BCUT2D eigenvalue weighted by Gasteiger charge is 2.37. The van der Waals surface area contributed by atoms with Crippen molar-refractivity contribution in [3.05, 3.63) is 53.2 Å². The average molecular weight is 545 g/mol. The Hall–Kier alpha value is -3.17. The van der Waals surface area contributed by atoms with Crippen molar-refractivity contribution < 1.29 is 30.8 Å². The maximum Gasteiger partial charge on any atom is 0.434 e. The third kappa shape index (κ3) is 5.79. The molecule has 3 aromatic rings. The zero-order valence-corrected chi connectivity index (χ0v) is 20.5. The van der Waals surface area contributed by atoms with Gasteiger partial charge in [0.2, 0.25) is 15.9 Å². The van der Waals surface area contributed by atoms with Crippen LogP contribution in [0.25, 0.3) is 11.3 Å². The molecular weight excluding hydrogens is 524 g/mol. The van der Waals surface area contributed by atoms with Gasteiger partial charge in [0.1, 0.15) is 11.9 Å². The lowest BCUT2D eigenvalue weighted by atomic mass is 10.1. The van der Waals surface area contributed by atoms with Crippen molar-refractivity contribution in [3.63, 3.8) is 0 Å². The highest BCUT2D eigenvalue weighted by molar-refractivity contribution is 7.93. The van der Waals surface area contributed by atoms with E-state index >= 15 is 0 Å². The lowest BCUT2D eigenvalue weighted by molar-refractivity contribution is -0.141. The molecule has 2 N–H and O–H groups in total. The lowest BCUT2D eigenvalue weighted by Gasteiger charge is -2.22. The van der Waals surface area contributed by atoms with Gasteiger partial charge in [0, 0.05) is 10.9 Å². The lowest BCUT2D eigenvalue weighted by Crippen LogP contribution is -2.32. The van der Waals surface area contributed by atoms with Gasteiger partial charge in [-0.05, 0) is 39.1 Å². The fourth-order valence-corrected chi connectivity index (χ4v) is 5.62. The molecule has 1 atom stereocenters. The molecule has 1 unspecified atom stereocenters. The van der Waals surface area contributed by atoms with Crippen molar-refractivity contribution in [2.24, 2.45) is 0 Å². The monoisotopic (exact) mass is 544 g/mol. The van der Waals surface area contributed by atoms with Gasteiger partial charge in [0.25, 0.3) is 0 Å². The molecular formula is C21H20F4N6O3S2. The zero-order chi connectivity index (χ0) is 26.3. The molecule has 1 fully saturated rings. The molecule has 15 heteroatoms. The van der Waals surface area contributed by atoms with Crippen molar-refractivity contribution in [2.75, 3.05) is 24.1 Å². The summed E-state index contributed by atoms with van der Waals surface area (Å²) in [6.07, 6.45) is -1.90. The van der Waals surface area contributed by atoms with Crippen LogP contribution in [0, 0.1) is 5.82 Å². The second kappa shape index (κ2) is 9.71. The van der Waals surface area contributed by atoms with E-state index in [2.05, 4.69) is 25.0 Å². The number of amides is 1. The van der Waals surface area contributed by atoms with Crippen LogP contribution in [-0.4, -0.2) is 53.5 Å². The van der Waals surface area contributed by atoms with Crippen LogP contribution in [-0.2, 0) is 21.0 Å². The Bertz CT molecular complexity index is 1390. The van der Waals surface area contributed by atoms with E-state index in [4.69, 9.17) is 0 Å². The van der Waals surface area contributed by atoms with Gasteiger partial charge in [-0.15, -0.1) is 11.3 Å². The Labute approximate surface area is 207 Å². The van der Waals surface area contributed by atoms with E-state index in [0.29, 0.717) is 19.0 Å². The van der Waals surface area contributed by atoms with Crippen molar-refractivity contribution in [1.29, 1.82) is 0 Å². The van der Waals surface area contributed by atoms with Crippen LogP contribution in [0.15, 0.2) is 36.0 Å². The minimum absolute atomic E-state index is 0.0420. The summed E-state index contributed by atoms with van der Waals surface area (Å²) in [5.41, 5.74) is -1.31. The van der Waals surface area contributed by atoms with Gasteiger partial charge < -0.3 is 5.32 Å². The highest BCUT2D eigenvalue weighted by Crippen LogP contribution is 2.33. The van der Waals surface area contributed by atoms with E-state index < -0.39 is 44.9 Å². The fourth-order valence-electron chi connectivity index (χ4n) is 3.29. The SMILES string of the molecule is CN(C)C(C(=O)Nc1ccc(-c2cncc(C(F)(F)F)n2)cc1F)c1csc(NS(=O)(=O)C2CC2)n1. The zero-order valence-electron chi connectivity index (χ0n) is 18.9. The van der Waals surface area contributed by atoms with E-state index in [0.717, 1.165) is 23.6 Å². The number of hydrogen-bond donors (Lipinski definition) is 2. The van der Waals surface area contributed by atoms with E-state index in [1.165, 1.54) is 22.4 Å². The Morgan fingerprint density at radius 1 is 1.19 bits per heavy atom. The second-order valence-corrected chi connectivity index (χ2v) is 11.1. The first kappa shape index (κ1) is 25.9. The van der Waals surface area contributed by atoms with E-state index in [1.54, 1.807) is 14.1 Å². The topological polar surface area (TPSA) is 117 Å². The Morgan fingerprint density at radius 3 is 2.53 bits per heavy atom. The predicted molar refractivity (Wildman–Crippen MR) is 125 cm³/mol. The molecule has 192 valence electrons. The number of anilines is 2. The number of carbonyl (C=O) groups excluding carboxylic acids is 1. The molecule has 0 spiro atoms. The molecule has 0 bridgehead atoms. The molecule has 1 saturated carbocycles. The Morgan fingerprint density at radius 2 is 1.92 bits per heavy atom. The molecule has 0 aliphatic heterocycles. The standard InChI is InChI=1S/C21H20F4N6O3S2/c1-31(2)18(16-10-35-20(29-16)30-36(33,34)12-4-5-12)19(32)28-14-6-3-11(7-13(14)22)15-8-26-9-17(27-15)21(23,24)25/h3,6-10,12,18H,4-5H2,1-2H3,(H,28,32)(H,29,30). The minimum Gasteiger partial charge on any atom is -0.322 e. The third-order valence-electron chi connectivity index (χ3n) is 5.21. The van der Waals surface area contributed by atoms with Crippen molar-refractivity contribution in [2.45, 2.75) is 30.3 Å². The van der Waals surface area contributed by atoms with Crippen LogP contribution in [0.5, 0.6) is 0 Å². The smallest absolute Gasteiger partial charge is 0.322 e. The fraction of sp³-hybridized carbons (Fsp3) is 0.333. The number of sulfonamides is 1. The van der Waals surface area contributed by atoms with E-state index in [-0.39, 0.29) is 27.8 Å². The van der Waals surface area contributed by atoms with Crippen LogP contribution in [0.3, 0.4) is 0 Å². The van der Waals surface area contributed by atoms with Gasteiger partial charge in [0.05, 0.1) is 34.7 Å². The van der Waals surface area contributed by atoms with Crippen LogP contribution in [0.4, 0.5) is 28.4 Å². The maximum atomic E-state index is 14.8. The molecule has 1 aliphatic rings. The number of aromatic nitrogens is 3. The molecule has 2 heterocycles. The van der Waals surface area contributed by atoms with Crippen molar-refractivity contribution in [3.8, 4) is 11.3 Å². The van der Waals surface area contributed by atoms with Gasteiger partial charge in [0.15, 0.2) is 10.8 Å². The summed E-state index contributed by atoms with van der Waals surface area (Å²) in [5, 5.41) is 3.65. The molecule has 0 radical (unpaired) electrons. The van der Waals surface area contributed by atoms with Gasteiger partial charge in [-0.1, -0.05) is 6.07 Å². The van der Waals surface area contributed by atoms with Gasteiger partial charge in [-0.2, -0.15) is 13.2 Å². The summed E-state index contributed by atoms with van der Waals surface area (Å²) in [5.74, 6) is -1.54. The van der Waals surface area contributed by atoms with Crippen LogP contribution in [0.2, 0.25) is 0 Å². The third-order valence-corrected chi connectivity index (χ3v) is 7.94. The second-order valence-electron chi connectivity index (χ2n) is 8.26. The number of benzene rings is 1. The van der Waals surface area contributed by atoms with Gasteiger partial charge in [-0.25, -0.2) is 22.8 Å².